The molecule has 0 amide bonds. The van der Waals surface area contributed by atoms with Gasteiger partial charge in [0, 0.05) is 50.9 Å². The van der Waals surface area contributed by atoms with Crippen LogP contribution in [-0.4, -0.2) is 81.3 Å². The molecule has 8 heteroatoms. The quantitative estimate of drug-likeness (QED) is 0.254. The van der Waals surface area contributed by atoms with Gasteiger partial charge in [-0.15, -0.1) is 24.0 Å². The Bertz CT molecular complexity index is 676. The maximum Gasteiger partial charge on any atom is 0.191 e. The van der Waals surface area contributed by atoms with Crippen LogP contribution in [-0.2, 0) is 6.54 Å². The largest absolute Gasteiger partial charge is 0.497 e. The van der Waals surface area contributed by atoms with Gasteiger partial charge in [-0.3, -0.25) is 14.8 Å². The molecule has 0 radical (unpaired) electrons. The highest BCUT2D eigenvalue weighted by Gasteiger charge is 2.27. The summed E-state index contributed by atoms with van der Waals surface area (Å²) in [6, 6.07) is 7.32. The summed E-state index contributed by atoms with van der Waals surface area (Å²) >= 11 is 0. The fraction of sp³-hybridized carbons (Fsp3) is 0.696. The Balaban J connectivity index is 0.00000341. The van der Waals surface area contributed by atoms with Crippen LogP contribution in [0.15, 0.2) is 23.2 Å². The van der Waals surface area contributed by atoms with Crippen LogP contribution in [0.3, 0.4) is 0 Å². The summed E-state index contributed by atoms with van der Waals surface area (Å²) in [5.41, 5.74) is 1.21. The molecule has 1 aliphatic heterocycles. The summed E-state index contributed by atoms with van der Waals surface area (Å²) < 4.78 is 10.8. The van der Waals surface area contributed by atoms with E-state index in [1.165, 1.54) is 18.4 Å². The first kappa shape index (κ1) is 26.0. The second-order valence-corrected chi connectivity index (χ2v) is 8.21. The number of likely N-dealkylation sites (N-methyl/N-ethyl adjacent to an activating group) is 1. The maximum atomic E-state index is 5.41. The SMILES string of the molecule is CCNC(=NCCN(CC)C1CC1)NC1CCN(Cc2cc(OC)cc(OC)c2)C1.I. The Labute approximate surface area is 205 Å². The summed E-state index contributed by atoms with van der Waals surface area (Å²) in [5, 5.41) is 7.05. The molecule has 1 heterocycles. The number of likely N-dealkylation sites (tertiary alicyclic amines) is 1. The molecular formula is C23H40IN5O2. The maximum absolute atomic E-state index is 5.41. The minimum absolute atomic E-state index is 0. The van der Waals surface area contributed by atoms with Gasteiger partial charge in [0.05, 0.1) is 20.8 Å². The Hall–Kier alpha value is -1.26. The Morgan fingerprint density at radius 3 is 2.42 bits per heavy atom. The third kappa shape index (κ3) is 8.31. The number of benzene rings is 1. The molecule has 1 atom stereocenters. The summed E-state index contributed by atoms with van der Waals surface area (Å²) in [4.78, 5) is 9.85. The lowest BCUT2D eigenvalue weighted by Crippen LogP contribution is -2.45. The fourth-order valence-corrected chi connectivity index (χ4v) is 4.15. The molecule has 1 aromatic rings. The molecule has 1 aromatic carbocycles. The van der Waals surface area contributed by atoms with Crippen molar-refractivity contribution in [3.8, 4) is 11.5 Å². The average molecular weight is 546 g/mol. The molecule has 1 unspecified atom stereocenters. The molecule has 7 nitrogen and oxygen atoms in total. The minimum Gasteiger partial charge on any atom is -0.497 e. The van der Waals surface area contributed by atoms with Crippen molar-refractivity contribution in [2.24, 2.45) is 4.99 Å². The van der Waals surface area contributed by atoms with Crippen LogP contribution in [0.1, 0.15) is 38.7 Å². The normalized spacial score (nSPS) is 19.3. The Morgan fingerprint density at radius 1 is 1.13 bits per heavy atom. The lowest BCUT2D eigenvalue weighted by atomic mass is 10.2. The third-order valence-electron chi connectivity index (χ3n) is 5.90. The molecule has 3 rings (SSSR count). The van der Waals surface area contributed by atoms with Crippen molar-refractivity contribution in [3.63, 3.8) is 0 Å². The van der Waals surface area contributed by atoms with E-state index in [4.69, 9.17) is 14.5 Å². The molecule has 2 N–H and O–H groups in total. The zero-order valence-electron chi connectivity index (χ0n) is 19.5. The molecule has 31 heavy (non-hydrogen) atoms. The molecule has 1 aliphatic carbocycles. The summed E-state index contributed by atoms with van der Waals surface area (Å²) in [7, 11) is 3.39. The molecule has 2 fully saturated rings. The standard InChI is InChI=1S/C23H39N5O2.HI/c1-5-24-23(25-10-12-28(6-2)20-7-8-20)26-19-9-11-27(17-19)16-18-13-21(29-3)15-22(14-18)30-4;/h13-15,19-20H,5-12,16-17H2,1-4H3,(H2,24,25,26);1H. The van der Waals surface area contributed by atoms with Gasteiger partial charge in [0.15, 0.2) is 5.96 Å². The fourth-order valence-electron chi connectivity index (χ4n) is 4.15. The lowest BCUT2D eigenvalue weighted by Gasteiger charge is -2.21. The van der Waals surface area contributed by atoms with Gasteiger partial charge in [0.25, 0.3) is 0 Å². The van der Waals surface area contributed by atoms with Crippen molar-refractivity contribution >= 4 is 29.9 Å². The van der Waals surface area contributed by atoms with E-state index in [1.54, 1.807) is 14.2 Å². The topological polar surface area (TPSA) is 61.4 Å². The molecule has 176 valence electrons. The first-order valence-corrected chi connectivity index (χ1v) is 11.4. The van der Waals surface area contributed by atoms with Crippen molar-refractivity contribution in [2.75, 3.05) is 53.5 Å². The number of guanidine groups is 1. The number of hydrogen-bond acceptors (Lipinski definition) is 5. The van der Waals surface area contributed by atoms with Gasteiger partial charge in [-0.2, -0.15) is 0 Å². The lowest BCUT2D eigenvalue weighted by molar-refractivity contribution is 0.286. The molecule has 0 bridgehead atoms. The first-order chi connectivity index (χ1) is 14.6. The molecule has 0 spiro atoms. The van der Waals surface area contributed by atoms with Crippen molar-refractivity contribution < 1.29 is 9.47 Å². The highest BCUT2D eigenvalue weighted by molar-refractivity contribution is 14.0. The van der Waals surface area contributed by atoms with E-state index in [9.17, 15) is 0 Å². The zero-order chi connectivity index (χ0) is 21.3. The molecule has 0 aromatic heterocycles. The highest BCUT2D eigenvalue weighted by atomic mass is 127. The van der Waals surface area contributed by atoms with E-state index >= 15 is 0 Å². The second-order valence-electron chi connectivity index (χ2n) is 8.21. The van der Waals surface area contributed by atoms with Gasteiger partial charge < -0.3 is 20.1 Å². The third-order valence-corrected chi connectivity index (χ3v) is 5.90. The predicted molar refractivity (Wildman–Crippen MR) is 138 cm³/mol. The second kappa shape index (κ2) is 13.3. The van der Waals surface area contributed by atoms with Crippen LogP contribution < -0.4 is 20.1 Å². The van der Waals surface area contributed by atoms with E-state index in [0.717, 1.165) is 75.7 Å². The van der Waals surface area contributed by atoms with Gasteiger partial charge in [-0.25, -0.2) is 0 Å². The van der Waals surface area contributed by atoms with Crippen LogP contribution in [0, 0.1) is 0 Å². The van der Waals surface area contributed by atoms with E-state index in [-0.39, 0.29) is 24.0 Å². The Kier molecular flexibility index (Phi) is 11.2. The summed E-state index contributed by atoms with van der Waals surface area (Å²) in [6.45, 7) is 11.2. The predicted octanol–water partition coefficient (Wildman–Crippen LogP) is 2.94. The number of aliphatic imine (C=N–C) groups is 1. The number of rotatable bonds is 11. The van der Waals surface area contributed by atoms with Gasteiger partial charge >= 0.3 is 0 Å². The number of hydrogen-bond donors (Lipinski definition) is 2. The Morgan fingerprint density at radius 2 is 1.84 bits per heavy atom. The van der Waals surface area contributed by atoms with Crippen molar-refractivity contribution in [1.82, 2.24) is 20.4 Å². The van der Waals surface area contributed by atoms with Crippen LogP contribution in [0.2, 0.25) is 0 Å². The van der Waals surface area contributed by atoms with E-state index in [0.29, 0.717) is 6.04 Å². The number of nitrogens with one attached hydrogen (secondary N) is 2. The summed E-state index contributed by atoms with van der Waals surface area (Å²) in [6.07, 6.45) is 3.83. The van der Waals surface area contributed by atoms with Crippen LogP contribution in [0.25, 0.3) is 0 Å². The number of nitrogens with zero attached hydrogens (tertiary/aromatic N) is 3. The molecular weight excluding hydrogens is 505 g/mol. The van der Waals surface area contributed by atoms with Crippen molar-refractivity contribution in [1.29, 1.82) is 0 Å². The number of ether oxygens (including phenoxy) is 2. The minimum atomic E-state index is 0. The van der Waals surface area contributed by atoms with Crippen LogP contribution in [0.4, 0.5) is 0 Å². The number of methoxy groups -OCH3 is 2. The van der Waals surface area contributed by atoms with E-state index in [1.807, 2.05) is 6.07 Å². The smallest absolute Gasteiger partial charge is 0.191 e. The molecule has 2 aliphatic rings. The van der Waals surface area contributed by atoms with Crippen LogP contribution >= 0.6 is 24.0 Å². The monoisotopic (exact) mass is 545 g/mol. The van der Waals surface area contributed by atoms with Gasteiger partial charge in [0.2, 0.25) is 0 Å². The number of halogens is 1. The van der Waals surface area contributed by atoms with Gasteiger partial charge in [0.1, 0.15) is 11.5 Å². The van der Waals surface area contributed by atoms with Gasteiger partial charge in [-0.1, -0.05) is 6.92 Å². The van der Waals surface area contributed by atoms with Crippen molar-refractivity contribution in [2.45, 2.75) is 51.7 Å². The molecule has 1 saturated carbocycles. The van der Waals surface area contributed by atoms with Crippen LogP contribution in [0.5, 0.6) is 11.5 Å². The van der Waals surface area contributed by atoms with Gasteiger partial charge in [-0.05, 0) is 50.4 Å². The van der Waals surface area contributed by atoms with Crippen molar-refractivity contribution in [3.05, 3.63) is 23.8 Å². The average Bonchev–Trinajstić information content (AvgIpc) is 3.51. The summed E-state index contributed by atoms with van der Waals surface area (Å²) in [5.74, 6) is 2.62. The zero-order valence-corrected chi connectivity index (χ0v) is 21.9. The first-order valence-electron chi connectivity index (χ1n) is 11.4. The highest BCUT2D eigenvalue weighted by Crippen LogP contribution is 2.26. The van der Waals surface area contributed by atoms with E-state index in [2.05, 4.69) is 46.4 Å². The van der Waals surface area contributed by atoms with E-state index < -0.39 is 0 Å². The molecule has 1 saturated heterocycles.